The molecule has 0 bridgehead atoms. The van der Waals surface area contributed by atoms with Crippen molar-refractivity contribution in [3.8, 4) is 5.75 Å². The van der Waals surface area contributed by atoms with Gasteiger partial charge < -0.3 is 25.4 Å². The van der Waals surface area contributed by atoms with E-state index in [0.29, 0.717) is 39.2 Å². The average Bonchev–Trinajstić information content (AvgIpc) is 2.56. The molecular weight excluding hydrogens is 377 g/mol. The van der Waals surface area contributed by atoms with E-state index in [1.54, 1.807) is 0 Å². The molecule has 1 aromatic rings. The van der Waals surface area contributed by atoms with E-state index in [9.17, 15) is 4.79 Å². The molecule has 0 unspecified atom stereocenters. The maximum absolute atomic E-state index is 12.2. The van der Waals surface area contributed by atoms with Gasteiger partial charge in [0, 0.05) is 26.3 Å². The smallest absolute Gasteiger partial charge is 0.240 e. The first-order valence-corrected chi connectivity index (χ1v) is 8.51. The van der Waals surface area contributed by atoms with Crippen LogP contribution in [0.25, 0.3) is 0 Å². The van der Waals surface area contributed by atoms with Crippen LogP contribution < -0.4 is 15.8 Å². The summed E-state index contributed by atoms with van der Waals surface area (Å²) in [5.41, 5.74) is 6.54. The predicted octanol–water partition coefficient (Wildman–Crippen LogP) is 1.64. The van der Waals surface area contributed by atoms with Gasteiger partial charge in [0.15, 0.2) is 0 Å². The second-order valence-electron chi connectivity index (χ2n) is 6.57. The van der Waals surface area contributed by atoms with Crippen LogP contribution in [-0.4, -0.2) is 63.4 Å². The lowest BCUT2D eigenvalue weighted by atomic mass is 9.90. The van der Waals surface area contributed by atoms with Gasteiger partial charge in [0.1, 0.15) is 12.4 Å². The molecule has 8 heteroatoms. The maximum Gasteiger partial charge on any atom is 0.240 e. The number of carbonyl (C=O) groups is 1. The number of amides is 1. The van der Waals surface area contributed by atoms with E-state index >= 15 is 0 Å². The second-order valence-corrected chi connectivity index (χ2v) is 6.57. The van der Waals surface area contributed by atoms with Crippen LogP contribution in [0.5, 0.6) is 5.75 Å². The molecule has 0 aliphatic carbocycles. The van der Waals surface area contributed by atoms with Gasteiger partial charge in [-0.2, -0.15) is 0 Å². The molecule has 0 saturated carbocycles. The zero-order valence-corrected chi connectivity index (χ0v) is 17.2. The monoisotopic (exact) mass is 407 g/mol. The van der Waals surface area contributed by atoms with Gasteiger partial charge in [0.25, 0.3) is 0 Å². The Labute approximate surface area is 168 Å². The summed E-state index contributed by atoms with van der Waals surface area (Å²) >= 11 is 0. The number of likely N-dealkylation sites (N-methyl/N-ethyl adjacent to an activating group) is 1. The SMILES string of the molecule is CN(C)CCOc1ccc(CCNC(=O)C2(N)CCOCC2)cc1.Cl.Cl. The summed E-state index contributed by atoms with van der Waals surface area (Å²) < 4.78 is 10.9. The van der Waals surface area contributed by atoms with Gasteiger partial charge in [0.05, 0.1) is 5.54 Å². The van der Waals surface area contributed by atoms with E-state index in [0.717, 1.165) is 24.3 Å². The summed E-state index contributed by atoms with van der Waals surface area (Å²) in [5.74, 6) is 0.794. The quantitative estimate of drug-likeness (QED) is 0.684. The molecule has 6 nitrogen and oxygen atoms in total. The number of nitrogens with one attached hydrogen (secondary N) is 1. The largest absolute Gasteiger partial charge is 0.492 e. The highest BCUT2D eigenvalue weighted by Gasteiger charge is 2.35. The van der Waals surface area contributed by atoms with Gasteiger partial charge in [-0.3, -0.25) is 4.79 Å². The fourth-order valence-corrected chi connectivity index (χ4v) is 2.56. The van der Waals surface area contributed by atoms with Crippen molar-refractivity contribution in [3.05, 3.63) is 29.8 Å². The summed E-state index contributed by atoms with van der Waals surface area (Å²) in [6, 6.07) is 8.00. The van der Waals surface area contributed by atoms with Gasteiger partial charge in [-0.05, 0) is 51.1 Å². The first-order chi connectivity index (χ1) is 11.5. The lowest BCUT2D eigenvalue weighted by molar-refractivity contribution is -0.129. The fourth-order valence-electron chi connectivity index (χ4n) is 2.56. The Morgan fingerprint density at radius 3 is 2.42 bits per heavy atom. The molecule has 26 heavy (non-hydrogen) atoms. The van der Waals surface area contributed by atoms with E-state index < -0.39 is 5.54 Å². The van der Waals surface area contributed by atoms with Gasteiger partial charge in [0.2, 0.25) is 5.91 Å². The molecule has 1 aromatic carbocycles. The minimum absolute atomic E-state index is 0. The molecule has 1 saturated heterocycles. The van der Waals surface area contributed by atoms with Crippen LogP contribution in [0, 0.1) is 0 Å². The van der Waals surface area contributed by atoms with Crippen molar-refractivity contribution >= 4 is 30.7 Å². The summed E-state index contributed by atoms with van der Waals surface area (Å²) in [7, 11) is 4.04. The molecule has 0 atom stereocenters. The first-order valence-electron chi connectivity index (χ1n) is 8.51. The Bertz CT molecular complexity index is 521. The lowest BCUT2D eigenvalue weighted by Gasteiger charge is -2.31. The van der Waals surface area contributed by atoms with Crippen molar-refractivity contribution in [2.24, 2.45) is 5.73 Å². The van der Waals surface area contributed by atoms with E-state index in [1.165, 1.54) is 0 Å². The van der Waals surface area contributed by atoms with E-state index in [4.69, 9.17) is 15.2 Å². The Morgan fingerprint density at radius 1 is 1.23 bits per heavy atom. The van der Waals surface area contributed by atoms with Crippen molar-refractivity contribution < 1.29 is 14.3 Å². The molecule has 0 radical (unpaired) electrons. The van der Waals surface area contributed by atoms with Crippen LogP contribution in [0.4, 0.5) is 0 Å². The van der Waals surface area contributed by atoms with E-state index in [-0.39, 0.29) is 30.7 Å². The van der Waals surface area contributed by atoms with Crippen molar-refractivity contribution in [2.45, 2.75) is 24.8 Å². The Kier molecular flexibility index (Phi) is 11.9. The number of carbonyl (C=O) groups excluding carboxylic acids is 1. The third-order valence-electron chi connectivity index (χ3n) is 4.27. The Balaban J connectivity index is 0.00000312. The molecule has 1 amide bonds. The molecule has 3 N–H and O–H groups in total. The third-order valence-corrected chi connectivity index (χ3v) is 4.27. The van der Waals surface area contributed by atoms with Crippen molar-refractivity contribution in [3.63, 3.8) is 0 Å². The number of nitrogens with two attached hydrogens (primary N) is 1. The second kappa shape index (κ2) is 12.4. The average molecular weight is 408 g/mol. The standard InChI is InChI=1S/C18H29N3O3.2ClH/c1-21(2)11-14-24-16-5-3-15(4-6-16)7-10-20-17(22)18(19)8-12-23-13-9-18;;/h3-6H,7-14,19H2,1-2H3,(H,20,22);2*1H. The van der Waals surface area contributed by atoms with Crippen molar-refractivity contribution in [2.75, 3.05) is 47.0 Å². The van der Waals surface area contributed by atoms with Gasteiger partial charge in [-0.15, -0.1) is 24.8 Å². The highest BCUT2D eigenvalue weighted by Crippen LogP contribution is 2.17. The maximum atomic E-state index is 12.2. The highest BCUT2D eigenvalue weighted by atomic mass is 35.5. The molecule has 1 aliphatic heterocycles. The topological polar surface area (TPSA) is 76.8 Å². The molecule has 2 rings (SSSR count). The first kappa shape index (κ1) is 24.9. The number of ether oxygens (including phenoxy) is 2. The molecular formula is C18H31Cl2N3O3. The Morgan fingerprint density at radius 2 is 1.85 bits per heavy atom. The number of benzene rings is 1. The zero-order chi connectivity index (χ0) is 17.4. The van der Waals surface area contributed by atoms with Crippen LogP contribution in [0.15, 0.2) is 24.3 Å². The minimum atomic E-state index is -0.775. The van der Waals surface area contributed by atoms with Crippen LogP contribution >= 0.6 is 24.8 Å². The number of hydrogen-bond donors (Lipinski definition) is 2. The summed E-state index contributed by atoms with van der Waals surface area (Å²) in [6.45, 7) is 3.25. The van der Waals surface area contributed by atoms with Crippen molar-refractivity contribution in [1.82, 2.24) is 10.2 Å². The molecule has 0 spiro atoms. The van der Waals surface area contributed by atoms with Crippen LogP contribution in [0.2, 0.25) is 0 Å². The molecule has 1 aliphatic rings. The summed E-state index contributed by atoms with van der Waals surface area (Å²) in [6.07, 6.45) is 1.94. The predicted molar refractivity (Wildman–Crippen MR) is 109 cm³/mol. The molecule has 0 aromatic heterocycles. The summed E-state index contributed by atoms with van der Waals surface area (Å²) in [4.78, 5) is 14.3. The summed E-state index contributed by atoms with van der Waals surface area (Å²) in [5, 5.41) is 2.95. The molecule has 1 heterocycles. The third kappa shape index (κ3) is 8.10. The van der Waals surface area contributed by atoms with Crippen LogP contribution in [0.1, 0.15) is 18.4 Å². The molecule has 150 valence electrons. The number of hydrogen-bond acceptors (Lipinski definition) is 5. The fraction of sp³-hybridized carbons (Fsp3) is 0.611. The van der Waals surface area contributed by atoms with E-state index in [1.807, 2.05) is 38.4 Å². The molecule has 1 fully saturated rings. The highest BCUT2D eigenvalue weighted by molar-refractivity contribution is 5.86. The zero-order valence-electron chi connectivity index (χ0n) is 15.5. The number of halogens is 2. The number of rotatable bonds is 8. The number of nitrogens with zero attached hydrogens (tertiary/aromatic N) is 1. The van der Waals surface area contributed by atoms with Crippen LogP contribution in [-0.2, 0) is 16.0 Å². The normalized spacial score (nSPS) is 15.5. The van der Waals surface area contributed by atoms with E-state index in [2.05, 4.69) is 10.2 Å². The van der Waals surface area contributed by atoms with Gasteiger partial charge in [-0.25, -0.2) is 0 Å². The van der Waals surface area contributed by atoms with Gasteiger partial charge >= 0.3 is 0 Å². The van der Waals surface area contributed by atoms with Gasteiger partial charge in [-0.1, -0.05) is 12.1 Å². The van der Waals surface area contributed by atoms with Crippen molar-refractivity contribution in [1.29, 1.82) is 0 Å². The lowest BCUT2D eigenvalue weighted by Crippen LogP contribution is -2.57. The minimum Gasteiger partial charge on any atom is -0.492 e. The Hall–Kier alpha value is -1.05. The van der Waals surface area contributed by atoms with Crippen LogP contribution in [0.3, 0.4) is 0 Å².